The van der Waals surface area contributed by atoms with Gasteiger partial charge in [0.05, 0.1) is 0 Å². The molecule has 1 aliphatic rings. The maximum absolute atomic E-state index is 12.0. The van der Waals surface area contributed by atoms with Crippen LogP contribution in [-0.4, -0.2) is 26.6 Å². The minimum Gasteiger partial charge on any atom is -0.501 e. The van der Waals surface area contributed by atoms with Crippen LogP contribution < -0.4 is 0 Å². The molecule has 0 aromatic heterocycles. The van der Waals surface area contributed by atoms with E-state index in [-0.39, 0.29) is 6.10 Å². The summed E-state index contributed by atoms with van der Waals surface area (Å²) in [5, 5.41) is 6.84. The van der Waals surface area contributed by atoms with E-state index >= 15 is 0 Å². The number of hydrogen-bond acceptors (Lipinski definition) is 4. The van der Waals surface area contributed by atoms with Gasteiger partial charge in [0, 0.05) is 0 Å². The summed E-state index contributed by atoms with van der Waals surface area (Å²) < 4.78 is 11.0. The molecule has 0 heterocycles. The lowest BCUT2D eigenvalue weighted by Crippen LogP contribution is -2.39. The number of nitrogens with zero attached hydrogens (tertiary/aromatic N) is 2. The SMILES string of the molecule is CCC[Si](CCC)(CCC)OC(=O)N=NC(=O)OC1CCCCC1. The number of carbonyl (C=O) groups excluding carboxylic acids is 2. The van der Waals surface area contributed by atoms with Crippen molar-refractivity contribution in [2.45, 2.75) is 96.4 Å². The monoisotopic (exact) mass is 356 g/mol. The van der Waals surface area contributed by atoms with E-state index in [1.165, 1.54) is 6.42 Å². The molecule has 1 saturated carbocycles. The molecule has 0 aromatic rings. The van der Waals surface area contributed by atoms with Crippen LogP contribution in [0, 0.1) is 0 Å². The average molecular weight is 357 g/mol. The fourth-order valence-corrected chi connectivity index (χ4v) is 7.73. The Kier molecular flexibility index (Phi) is 9.82. The van der Waals surface area contributed by atoms with E-state index < -0.39 is 20.5 Å². The second kappa shape index (κ2) is 11.3. The maximum Gasteiger partial charge on any atom is 0.452 e. The van der Waals surface area contributed by atoms with Crippen LogP contribution in [-0.2, 0) is 9.16 Å². The van der Waals surface area contributed by atoms with Crippen molar-refractivity contribution < 1.29 is 18.8 Å². The molecule has 6 nitrogen and oxygen atoms in total. The number of azo groups is 1. The van der Waals surface area contributed by atoms with Gasteiger partial charge in [0.15, 0.2) is 0 Å². The molecule has 1 fully saturated rings. The highest BCUT2D eigenvalue weighted by molar-refractivity contribution is 6.75. The molecule has 2 amide bonds. The zero-order valence-electron chi connectivity index (χ0n) is 15.4. The van der Waals surface area contributed by atoms with Gasteiger partial charge in [-0.3, -0.25) is 0 Å². The van der Waals surface area contributed by atoms with Crippen LogP contribution in [0.2, 0.25) is 18.1 Å². The topological polar surface area (TPSA) is 77.3 Å². The Morgan fingerprint density at radius 1 is 0.875 bits per heavy atom. The molecule has 138 valence electrons. The average Bonchev–Trinajstić information content (AvgIpc) is 2.55. The molecule has 0 unspecified atom stereocenters. The molecule has 7 heteroatoms. The van der Waals surface area contributed by atoms with Gasteiger partial charge in [0.2, 0.25) is 0 Å². The summed E-state index contributed by atoms with van der Waals surface area (Å²) in [6, 6.07) is 2.80. The highest BCUT2D eigenvalue weighted by Gasteiger charge is 2.36. The molecule has 0 N–H and O–H groups in total. The molecule has 0 atom stereocenters. The summed E-state index contributed by atoms with van der Waals surface area (Å²) in [6.07, 6.45) is 6.39. The van der Waals surface area contributed by atoms with E-state index in [2.05, 4.69) is 31.0 Å². The van der Waals surface area contributed by atoms with Crippen molar-refractivity contribution in [2.75, 3.05) is 0 Å². The predicted octanol–water partition coefficient (Wildman–Crippen LogP) is 6.22. The summed E-state index contributed by atoms with van der Waals surface area (Å²) in [6.45, 7) is 6.30. The summed E-state index contributed by atoms with van der Waals surface area (Å²) >= 11 is 0. The second-order valence-electron chi connectivity index (χ2n) is 6.64. The summed E-state index contributed by atoms with van der Waals surface area (Å²) in [5.74, 6) is 0. The van der Waals surface area contributed by atoms with Gasteiger partial charge in [0.25, 0.3) is 8.32 Å². The van der Waals surface area contributed by atoms with Crippen LogP contribution in [0.5, 0.6) is 0 Å². The van der Waals surface area contributed by atoms with E-state index in [0.717, 1.165) is 63.1 Å². The quantitative estimate of drug-likeness (QED) is 0.382. The third kappa shape index (κ3) is 7.55. The van der Waals surface area contributed by atoms with E-state index in [4.69, 9.17) is 9.16 Å². The molecule has 0 radical (unpaired) electrons. The molecule has 0 saturated heterocycles. The third-order valence-corrected chi connectivity index (χ3v) is 9.29. The predicted molar refractivity (Wildman–Crippen MR) is 95.7 cm³/mol. The highest BCUT2D eigenvalue weighted by Crippen LogP contribution is 2.28. The lowest BCUT2D eigenvalue weighted by molar-refractivity contribution is 0.0816. The van der Waals surface area contributed by atoms with Crippen molar-refractivity contribution in [1.82, 2.24) is 0 Å². The van der Waals surface area contributed by atoms with Crippen LogP contribution in [0.25, 0.3) is 0 Å². The van der Waals surface area contributed by atoms with Crippen LogP contribution in [0.15, 0.2) is 10.2 Å². The summed E-state index contributed by atoms with van der Waals surface area (Å²) in [7, 11) is -2.13. The van der Waals surface area contributed by atoms with Gasteiger partial charge in [-0.25, -0.2) is 9.59 Å². The van der Waals surface area contributed by atoms with Gasteiger partial charge >= 0.3 is 12.2 Å². The molecule has 1 rings (SSSR count). The number of carbonyl (C=O) groups is 2. The van der Waals surface area contributed by atoms with Gasteiger partial charge in [-0.1, -0.05) is 56.7 Å². The van der Waals surface area contributed by atoms with E-state index in [0.29, 0.717) is 0 Å². The van der Waals surface area contributed by atoms with Crippen LogP contribution in [0.4, 0.5) is 9.59 Å². The molecule has 1 aliphatic carbocycles. The van der Waals surface area contributed by atoms with Gasteiger partial charge in [-0.2, -0.15) is 0 Å². The molecule has 0 aliphatic heterocycles. The van der Waals surface area contributed by atoms with E-state index in [9.17, 15) is 9.59 Å². The third-order valence-electron chi connectivity index (χ3n) is 4.45. The Labute approximate surface area is 146 Å². The Morgan fingerprint density at radius 2 is 1.38 bits per heavy atom. The lowest BCUT2D eigenvalue weighted by Gasteiger charge is -2.29. The molecule has 0 bridgehead atoms. The van der Waals surface area contributed by atoms with Crippen molar-refractivity contribution >= 4 is 20.5 Å². The molecular weight excluding hydrogens is 324 g/mol. The minimum absolute atomic E-state index is 0.0880. The number of amides is 2. The van der Waals surface area contributed by atoms with Crippen molar-refractivity contribution in [2.24, 2.45) is 10.2 Å². The van der Waals surface area contributed by atoms with Gasteiger partial charge in [0.1, 0.15) is 6.10 Å². The second-order valence-corrected chi connectivity index (χ2v) is 10.7. The lowest BCUT2D eigenvalue weighted by atomic mass is 9.98. The fraction of sp³-hybridized carbons (Fsp3) is 0.882. The Morgan fingerprint density at radius 3 is 1.88 bits per heavy atom. The Balaban J connectivity index is 2.54. The van der Waals surface area contributed by atoms with Crippen molar-refractivity contribution in [3.63, 3.8) is 0 Å². The van der Waals surface area contributed by atoms with Gasteiger partial charge in [-0.15, -0.1) is 0 Å². The fourth-order valence-electron chi connectivity index (χ4n) is 3.53. The molecular formula is C17H32N2O4Si. The normalized spacial score (nSPS) is 16.3. The smallest absolute Gasteiger partial charge is 0.452 e. The van der Waals surface area contributed by atoms with Crippen molar-refractivity contribution in [3.8, 4) is 0 Å². The minimum atomic E-state index is -2.13. The molecule has 24 heavy (non-hydrogen) atoms. The molecule has 0 spiro atoms. The summed E-state index contributed by atoms with van der Waals surface area (Å²) in [4.78, 5) is 23.7. The van der Waals surface area contributed by atoms with Crippen LogP contribution in [0.1, 0.15) is 72.1 Å². The first-order valence-corrected chi connectivity index (χ1v) is 11.9. The zero-order chi connectivity index (χ0) is 17.8. The van der Waals surface area contributed by atoms with Gasteiger partial charge in [-0.05, 0) is 43.8 Å². The highest BCUT2D eigenvalue weighted by atomic mass is 28.4. The van der Waals surface area contributed by atoms with Crippen LogP contribution in [0.3, 0.4) is 0 Å². The number of ether oxygens (including phenoxy) is 1. The first-order chi connectivity index (χ1) is 11.5. The standard InChI is InChI=1S/C17H32N2O4Si/c1-4-12-24(13-5-2,14-6-3)23-17(21)19-18-16(20)22-15-10-8-7-9-11-15/h15H,4-14H2,1-3H3. The van der Waals surface area contributed by atoms with Gasteiger partial charge < -0.3 is 9.16 Å². The zero-order valence-corrected chi connectivity index (χ0v) is 16.4. The van der Waals surface area contributed by atoms with Crippen molar-refractivity contribution in [3.05, 3.63) is 0 Å². The number of hydrogen-bond donors (Lipinski definition) is 0. The Bertz CT molecular complexity index is 406. The van der Waals surface area contributed by atoms with E-state index in [1.54, 1.807) is 0 Å². The van der Waals surface area contributed by atoms with E-state index in [1.807, 2.05) is 0 Å². The summed E-state index contributed by atoms with van der Waals surface area (Å²) in [5.41, 5.74) is 0. The first-order valence-electron chi connectivity index (χ1n) is 9.40. The largest absolute Gasteiger partial charge is 0.501 e. The first kappa shape index (κ1) is 20.8. The Hall–Kier alpha value is -1.24. The molecule has 0 aromatic carbocycles. The van der Waals surface area contributed by atoms with Crippen molar-refractivity contribution in [1.29, 1.82) is 0 Å². The number of rotatable bonds is 8. The maximum atomic E-state index is 12.0. The van der Waals surface area contributed by atoms with Crippen LogP contribution >= 0.6 is 0 Å².